The number of fused-ring (bicyclic) bond motifs is 1. The molecule has 4 aromatic rings. The molecule has 1 aliphatic rings. The third kappa shape index (κ3) is 8.28. The summed E-state index contributed by atoms with van der Waals surface area (Å²) in [6.07, 6.45) is -3.35. The topological polar surface area (TPSA) is 267 Å². The van der Waals surface area contributed by atoms with E-state index >= 15 is 0 Å². The van der Waals surface area contributed by atoms with E-state index in [2.05, 4.69) is 0 Å². The number of carboxylic acid groups (broad SMARTS) is 1. The molecule has 4 aromatic carbocycles. The highest BCUT2D eigenvalue weighted by Gasteiger charge is 2.46. The molecule has 0 bridgehead atoms. The van der Waals surface area contributed by atoms with E-state index in [0.29, 0.717) is 0 Å². The Kier molecular flexibility index (Phi) is 10.8. The largest absolute Gasteiger partial charge is 0.504 e. The van der Waals surface area contributed by atoms with E-state index in [-0.39, 0.29) is 46.4 Å². The molecule has 16 heteroatoms. The minimum Gasteiger partial charge on any atom is -0.504 e. The van der Waals surface area contributed by atoms with E-state index in [0.717, 1.165) is 49.6 Å². The molecule has 0 saturated heterocycles. The molecular formula is C37H32O16. The van der Waals surface area contributed by atoms with Gasteiger partial charge in [0, 0.05) is 24.5 Å². The Morgan fingerprint density at radius 3 is 1.79 bits per heavy atom. The first kappa shape index (κ1) is 37.2. The normalized spacial score (nSPS) is 15.9. The standard InChI is InChI=1S/C37H32O16/c1-50-36(48)29(15-18-3-8-22(39)26(43)13-18)52-37(49)32-31-19(4-10-24(41)34(31)53-33(32)20-5-9-23(40)27(44)16-20)6-11-30(45)51-28(35(46)47)14-17-2-7-21(38)25(42)12-17/h2-13,16,28-29,32-33,38-44H,14-15H2,1H3,(H,46,47)/b11-6+/t28-,29-,32-,33+/m1/s1. The fraction of sp³-hybridized carbons (Fsp3) is 0.189. The Hall–Kier alpha value is -7.10. The molecule has 0 aromatic heterocycles. The molecule has 0 amide bonds. The van der Waals surface area contributed by atoms with Crippen LogP contribution in [0.3, 0.4) is 0 Å². The highest BCUT2D eigenvalue weighted by molar-refractivity contribution is 5.92. The van der Waals surface area contributed by atoms with Crippen molar-refractivity contribution < 1.29 is 79.0 Å². The van der Waals surface area contributed by atoms with Crippen molar-refractivity contribution in [2.45, 2.75) is 37.1 Å². The zero-order valence-corrected chi connectivity index (χ0v) is 27.6. The van der Waals surface area contributed by atoms with E-state index in [9.17, 15) is 60.0 Å². The number of esters is 3. The first-order valence-electron chi connectivity index (χ1n) is 15.6. The maximum Gasteiger partial charge on any atom is 0.347 e. The smallest absolute Gasteiger partial charge is 0.347 e. The molecule has 0 radical (unpaired) electrons. The van der Waals surface area contributed by atoms with Gasteiger partial charge in [-0.2, -0.15) is 0 Å². The van der Waals surface area contributed by atoms with Crippen LogP contribution in [0.2, 0.25) is 0 Å². The van der Waals surface area contributed by atoms with Crippen LogP contribution in [0.15, 0.2) is 72.8 Å². The number of aromatic hydroxyl groups is 7. The number of phenols is 7. The molecule has 5 rings (SSSR count). The van der Waals surface area contributed by atoms with E-state index in [4.69, 9.17) is 18.9 Å². The SMILES string of the molecule is COC(=O)[C@@H](Cc1ccc(O)c(O)c1)OC(=O)[C@@H]1c2c(/C=C/C(=O)O[C@H](Cc3ccc(O)c(O)c3)C(=O)O)ccc(O)c2O[C@H]1c1ccc(O)c(O)c1. The molecule has 276 valence electrons. The molecule has 1 aliphatic heterocycles. The molecule has 1 heterocycles. The summed E-state index contributed by atoms with van der Waals surface area (Å²) in [4.78, 5) is 51.7. The summed E-state index contributed by atoms with van der Waals surface area (Å²) in [5.74, 6) is -9.88. The van der Waals surface area contributed by atoms with Crippen LogP contribution in [0, 0.1) is 0 Å². The highest BCUT2D eigenvalue weighted by atomic mass is 16.6. The number of aliphatic carboxylic acids is 1. The van der Waals surface area contributed by atoms with Crippen molar-refractivity contribution in [1.29, 1.82) is 0 Å². The van der Waals surface area contributed by atoms with Crippen LogP contribution >= 0.6 is 0 Å². The number of carboxylic acids is 1. The van der Waals surface area contributed by atoms with Crippen LogP contribution in [0.4, 0.5) is 0 Å². The Labute approximate surface area is 299 Å². The van der Waals surface area contributed by atoms with Crippen molar-refractivity contribution >= 4 is 30.0 Å². The van der Waals surface area contributed by atoms with Crippen molar-refractivity contribution in [3.8, 4) is 46.0 Å². The van der Waals surface area contributed by atoms with Gasteiger partial charge >= 0.3 is 23.9 Å². The van der Waals surface area contributed by atoms with E-state index in [1.54, 1.807) is 0 Å². The van der Waals surface area contributed by atoms with Gasteiger partial charge in [-0.25, -0.2) is 14.4 Å². The summed E-state index contributed by atoms with van der Waals surface area (Å²) in [6, 6.07) is 13.3. The maximum atomic E-state index is 14.1. The molecule has 53 heavy (non-hydrogen) atoms. The second kappa shape index (κ2) is 15.4. The van der Waals surface area contributed by atoms with E-state index < -0.39 is 88.4 Å². The predicted molar refractivity (Wildman–Crippen MR) is 179 cm³/mol. The summed E-state index contributed by atoms with van der Waals surface area (Å²) in [7, 11) is 1.05. The third-order valence-corrected chi connectivity index (χ3v) is 8.23. The van der Waals surface area contributed by atoms with Crippen molar-refractivity contribution in [2.24, 2.45) is 0 Å². The van der Waals surface area contributed by atoms with Crippen molar-refractivity contribution in [3.63, 3.8) is 0 Å². The zero-order valence-electron chi connectivity index (χ0n) is 27.6. The fourth-order valence-corrected chi connectivity index (χ4v) is 5.61. The molecule has 8 N–H and O–H groups in total. The lowest BCUT2D eigenvalue weighted by Gasteiger charge is -2.22. The number of methoxy groups -OCH3 is 1. The molecule has 0 fully saturated rings. The van der Waals surface area contributed by atoms with Gasteiger partial charge in [-0.3, -0.25) is 4.79 Å². The fourth-order valence-electron chi connectivity index (χ4n) is 5.61. The number of phenolic OH excluding ortho intramolecular Hbond substituents is 7. The average molecular weight is 733 g/mol. The number of benzene rings is 4. The lowest BCUT2D eigenvalue weighted by atomic mass is 9.87. The lowest BCUT2D eigenvalue weighted by molar-refractivity contribution is -0.167. The Morgan fingerprint density at radius 2 is 1.25 bits per heavy atom. The zero-order chi connectivity index (χ0) is 38.6. The van der Waals surface area contributed by atoms with Crippen LogP contribution < -0.4 is 4.74 Å². The number of hydrogen-bond acceptors (Lipinski definition) is 15. The van der Waals surface area contributed by atoms with Crippen LogP contribution in [-0.2, 0) is 46.2 Å². The van der Waals surface area contributed by atoms with Crippen molar-refractivity contribution in [3.05, 3.63) is 101 Å². The molecule has 16 nitrogen and oxygen atoms in total. The van der Waals surface area contributed by atoms with Crippen LogP contribution in [0.5, 0.6) is 46.0 Å². The van der Waals surface area contributed by atoms with Gasteiger partial charge in [0.05, 0.1) is 7.11 Å². The van der Waals surface area contributed by atoms with Crippen LogP contribution in [0.1, 0.15) is 39.8 Å². The number of carbonyl (C=O) groups excluding carboxylic acids is 3. The Morgan fingerprint density at radius 1 is 0.698 bits per heavy atom. The molecular weight excluding hydrogens is 700 g/mol. The quantitative estimate of drug-likeness (QED) is 0.0449. The maximum absolute atomic E-state index is 14.1. The van der Waals surface area contributed by atoms with E-state index in [1.165, 1.54) is 36.4 Å². The summed E-state index contributed by atoms with van der Waals surface area (Å²) in [5, 5.41) is 79.5. The van der Waals surface area contributed by atoms with Gasteiger partial charge in [0.1, 0.15) is 12.0 Å². The van der Waals surface area contributed by atoms with Gasteiger partial charge in [0.15, 0.2) is 46.0 Å². The van der Waals surface area contributed by atoms with Gasteiger partial charge in [-0.1, -0.05) is 24.3 Å². The van der Waals surface area contributed by atoms with Gasteiger partial charge in [0.2, 0.25) is 12.2 Å². The Bertz CT molecular complexity index is 2100. The van der Waals surface area contributed by atoms with Crippen molar-refractivity contribution in [2.75, 3.05) is 7.11 Å². The molecule has 0 spiro atoms. The molecule has 0 unspecified atom stereocenters. The second-order valence-corrected chi connectivity index (χ2v) is 11.8. The molecule has 4 atom stereocenters. The summed E-state index contributed by atoms with van der Waals surface area (Å²) < 4.78 is 21.6. The summed E-state index contributed by atoms with van der Waals surface area (Å²) >= 11 is 0. The van der Waals surface area contributed by atoms with Crippen LogP contribution in [-0.4, -0.2) is 84.0 Å². The minimum atomic E-state index is -1.72. The van der Waals surface area contributed by atoms with Crippen LogP contribution in [0.25, 0.3) is 6.08 Å². The number of carbonyl (C=O) groups is 4. The van der Waals surface area contributed by atoms with Gasteiger partial charge < -0.3 is 59.8 Å². The number of ether oxygens (including phenoxy) is 4. The van der Waals surface area contributed by atoms with E-state index in [1.807, 2.05) is 0 Å². The third-order valence-electron chi connectivity index (χ3n) is 8.23. The second-order valence-electron chi connectivity index (χ2n) is 11.8. The molecule has 0 aliphatic carbocycles. The number of rotatable bonds is 12. The summed E-state index contributed by atoms with van der Waals surface area (Å²) in [5.41, 5.74) is 0.661. The predicted octanol–water partition coefficient (Wildman–Crippen LogP) is 3.42. The first-order chi connectivity index (χ1) is 25.2. The highest BCUT2D eigenvalue weighted by Crippen LogP contribution is 2.53. The number of hydrogen-bond donors (Lipinski definition) is 8. The van der Waals surface area contributed by atoms with Gasteiger partial charge in [-0.05, 0) is 70.8 Å². The summed E-state index contributed by atoms with van der Waals surface area (Å²) in [6.45, 7) is 0. The van der Waals surface area contributed by atoms with Gasteiger partial charge in [-0.15, -0.1) is 0 Å². The molecule has 0 saturated carbocycles. The monoisotopic (exact) mass is 732 g/mol. The first-order valence-corrected chi connectivity index (χ1v) is 15.6. The average Bonchev–Trinajstić information content (AvgIpc) is 3.53. The van der Waals surface area contributed by atoms with Gasteiger partial charge in [0.25, 0.3) is 0 Å². The lowest BCUT2D eigenvalue weighted by Crippen LogP contribution is -2.33. The minimum absolute atomic E-state index is 0.0446. The van der Waals surface area contributed by atoms with Crippen molar-refractivity contribution in [1.82, 2.24) is 0 Å². The Balaban J connectivity index is 1.49.